The van der Waals surface area contributed by atoms with Gasteiger partial charge in [-0.1, -0.05) is 64.1 Å². The van der Waals surface area contributed by atoms with Crippen molar-refractivity contribution in [1.29, 1.82) is 0 Å². The fourth-order valence-electron chi connectivity index (χ4n) is 4.18. The number of benzene rings is 2. The monoisotopic (exact) mass is 538 g/mol. The number of nitrogens with one attached hydrogen (secondary N) is 2. The largest absolute Gasteiger partial charge is 2.00 e. The molecule has 6 heteroatoms. The summed E-state index contributed by atoms with van der Waals surface area (Å²) in [4.78, 5) is 2.46. The minimum absolute atomic E-state index is 0. The van der Waals surface area contributed by atoms with Gasteiger partial charge in [-0.15, -0.1) is 0 Å². The Balaban J connectivity index is 0. The fourth-order valence-corrected chi connectivity index (χ4v) is 4.18. The predicted molar refractivity (Wildman–Crippen MR) is 134 cm³/mol. The molecule has 33 heavy (non-hydrogen) atoms. The zero-order valence-electron chi connectivity index (χ0n) is 21.1. The molecular weight excluding hydrogens is 496 g/mol. The summed E-state index contributed by atoms with van der Waals surface area (Å²) in [5.41, 5.74) is 8.49. The molecule has 0 unspecified atom stereocenters. The topological polar surface area (TPSA) is 27.3 Å². The van der Waals surface area contributed by atoms with Crippen LogP contribution < -0.4 is 35.4 Å². The molecule has 0 aliphatic rings. The average Bonchev–Trinajstić information content (AvgIpc) is 2.79. The quantitative estimate of drug-likeness (QED) is 0.336. The molecule has 0 aromatic heterocycles. The van der Waals surface area contributed by atoms with Gasteiger partial charge in [-0.2, -0.15) is 0 Å². The van der Waals surface area contributed by atoms with Crippen LogP contribution in [-0.2, 0) is 42.5 Å². The van der Waals surface area contributed by atoms with Gasteiger partial charge in [0.15, 0.2) is 0 Å². The first-order valence-corrected chi connectivity index (χ1v) is 12.0. The summed E-state index contributed by atoms with van der Waals surface area (Å²) in [6.45, 7) is 13.3. The minimum Gasteiger partial charge on any atom is -1.00 e. The van der Waals surface area contributed by atoms with Gasteiger partial charge in [-0.3, -0.25) is 0 Å². The van der Waals surface area contributed by atoms with Crippen LogP contribution in [0.5, 0.6) is 0 Å². The second kappa shape index (κ2) is 19.4. The van der Waals surface area contributed by atoms with Gasteiger partial charge in [0.1, 0.15) is 0 Å². The number of para-hydroxylation sites is 2. The third kappa shape index (κ3) is 10.9. The fraction of sp³-hybridized carbons (Fsp3) is 0.556. The molecule has 0 aliphatic carbocycles. The van der Waals surface area contributed by atoms with Gasteiger partial charge in [0, 0.05) is 24.5 Å². The Morgan fingerprint density at radius 2 is 0.909 bits per heavy atom. The van der Waals surface area contributed by atoms with Gasteiger partial charge in [0.25, 0.3) is 0 Å². The molecule has 2 aromatic rings. The zero-order chi connectivity index (χ0) is 21.8. The maximum Gasteiger partial charge on any atom is 2.00 e. The molecule has 2 N–H and O–H groups in total. The number of hydrogen-bond acceptors (Lipinski definition) is 3. The molecule has 0 fully saturated rings. The molecule has 0 spiro atoms. The van der Waals surface area contributed by atoms with E-state index >= 15 is 0 Å². The van der Waals surface area contributed by atoms with Gasteiger partial charge in [0.05, 0.1) is 0 Å². The van der Waals surface area contributed by atoms with E-state index in [0.717, 1.165) is 51.9 Å². The first-order chi connectivity index (χ1) is 14.6. The Hall–Kier alpha value is -0.914. The molecular formula is C27H43Cl2CoN3. The second-order valence-corrected chi connectivity index (χ2v) is 8.18. The van der Waals surface area contributed by atoms with E-state index in [1.807, 2.05) is 0 Å². The Kier molecular flexibility index (Phi) is 20.1. The summed E-state index contributed by atoms with van der Waals surface area (Å²) >= 11 is 0. The smallest absolute Gasteiger partial charge is 1.00 e. The van der Waals surface area contributed by atoms with Crippen molar-refractivity contribution < 1.29 is 41.6 Å². The molecule has 189 valence electrons. The third-order valence-corrected chi connectivity index (χ3v) is 6.03. The molecule has 2 aromatic carbocycles. The predicted octanol–water partition coefficient (Wildman–Crippen LogP) is 0.178. The number of anilines is 2. The van der Waals surface area contributed by atoms with E-state index < -0.39 is 0 Å². The summed E-state index contributed by atoms with van der Waals surface area (Å²) in [7, 11) is 2.24. The van der Waals surface area contributed by atoms with Crippen LogP contribution >= 0.6 is 0 Å². The SMILES string of the molecule is CCc1cccc(CC)c1NCCCN(C)CCCNc1c(CC)cccc1CC.[Cl-].[Cl-].[Co+2]. The summed E-state index contributed by atoms with van der Waals surface area (Å²) < 4.78 is 0. The van der Waals surface area contributed by atoms with Crippen molar-refractivity contribution in [2.24, 2.45) is 0 Å². The van der Waals surface area contributed by atoms with Crippen LogP contribution in [0.15, 0.2) is 36.4 Å². The maximum absolute atomic E-state index is 3.71. The van der Waals surface area contributed by atoms with Crippen molar-refractivity contribution in [3.05, 3.63) is 58.7 Å². The number of halogens is 2. The number of hydrogen-bond donors (Lipinski definition) is 2. The summed E-state index contributed by atoms with van der Waals surface area (Å²) in [6, 6.07) is 13.4. The van der Waals surface area contributed by atoms with Crippen molar-refractivity contribution in [3.8, 4) is 0 Å². The van der Waals surface area contributed by atoms with E-state index in [1.165, 1.54) is 46.5 Å². The molecule has 0 saturated heterocycles. The molecule has 0 aliphatic heterocycles. The van der Waals surface area contributed by atoms with Crippen molar-refractivity contribution in [1.82, 2.24) is 4.90 Å². The number of nitrogens with zero attached hydrogens (tertiary/aromatic N) is 1. The van der Waals surface area contributed by atoms with E-state index in [0.29, 0.717) is 0 Å². The van der Waals surface area contributed by atoms with E-state index in [2.05, 4.69) is 86.7 Å². The van der Waals surface area contributed by atoms with E-state index in [-0.39, 0.29) is 41.6 Å². The van der Waals surface area contributed by atoms with E-state index in [9.17, 15) is 0 Å². The molecule has 1 radical (unpaired) electrons. The van der Waals surface area contributed by atoms with Crippen molar-refractivity contribution >= 4 is 11.4 Å². The van der Waals surface area contributed by atoms with Crippen LogP contribution in [0.25, 0.3) is 0 Å². The third-order valence-electron chi connectivity index (χ3n) is 6.03. The molecule has 0 saturated carbocycles. The van der Waals surface area contributed by atoms with Gasteiger partial charge >= 0.3 is 16.8 Å². The van der Waals surface area contributed by atoms with Crippen LogP contribution in [0, 0.1) is 0 Å². The average molecular weight is 540 g/mol. The molecule has 0 amide bonds. The zero-order valence-corrected chi connectivity index (χ0v) is 23.6. The van der Waals surface area contributed by atoms with Gasteiger partial charge in [0.2, 0.25) is 0 Å². The van der Waals surface area contributed by atoms with Gasteiger partial charge in [-0.05, 0) is 80.9 Å². The molecule has 2 rings (SSSR count). The maximum atomic E-state index is 3.71. The minimum atomic E-state index is 0. The molecule has 0 bridgehead atoms. The molecule has 0 heterocycles. The van der Waals surface area contributed by atoms with Crippen LogP contribution in [0.1, 0.15) is 62.8 Å². The summed E-state index contributed by atoms with van der Waals surface area (Å²) in [5.74, 6) is 0. The van der Waals surface area contributed by atoms with Gasteiger partial charge in [-0.25, -0.2) is 0 Å². The van der Waals surface area contributed by atoms with Crippen LogP contribution in [0.4, 0.5) is 11.4 Å². The standard InChI is InChI=1S/C27H43N3.2ClH.Co/c1-6-22-14-10-15-23(7-2)26(22)28-18-12-20-30(5)21-13-19-29-27-24(8-3)16-11-17-25(27)9-4;;;/h10-11,14-17,28-29H,6-9,12-13,18-21H2,1-5H3;2*1H;/q;;;+2/p-2. The summed E-state index contributed by atoms with van der Waals surface area (Å²) in [6.07, 6.45) is 6.69. The van der Waals surface area contributed by atoms with E-state index in [1.54, 1.807) is 0 Å². The Morgan fingerprint density at radius 1 is 0.606 bits per heavy atom. The van der Waals surface area contributed by atoms with Crippen molar-refractivity contribution in [2.45, 2.75) is 66.2 Å². The van der Waals surface area contributed by atoms with Crippen molar-refractivity contribution in [3.63, 3.8) is 0 Å². The first-order valence-electron chi connectivity index (χ1n) is 12.0. The van der Waals surface area contributed by atoms with Crippen LogP contribution in [0.2, 0.25) is 0 Å². The molecule has 3 nitrogen and oxygen atoms in total. The van der Waals surface area contributed by atoms with Gasteiger partial charge < -0.3 is 40.3 Å². The summed E-state index contributed by atoms with van der Waals surface area (Å²) in [5, 5.41) is 7.43. The van der Waals surface area contributed by atoms with Crippen LogP contribution in [-0.4, -0.2) is 38.1 Å². The normalized spacial score (nSPS) is 10.1. The van der Waals surface area contributed by atoms with E-state index in [4.69, 9.17) is 0 Å². The first kappa shape index (κ1) is 34.3. The molecule has 0 atom stereocenters. The van der Waals surface area contributed by atoms with Crippen LogP contribution in [0.3, 0.4) is 0 Å². The Morgan fingerprint density at radius 3 is 1.18 bits per heavy atom. The number of rotatable bonds is 14. The number of aryl methyl sites for hydroxylation is 4. The van der Waals surface area contributed by atoms with Crippen molar-refractivity contribution in [2.75, 3.05) is 43.9 Å². The second-order valence-electron chi connectivity index (χ2n) is 8.18. The Labute approximate surface area is 225 Å². The Bertz CT molecular complexity index is 663.